The zero-order chi connectivity index (χ0) is 20.2. The molecule has 5 nitrogen and oxygen atoms in total. The molecule has 0 amide bonds. The number of guanidine groups is 1. The Hall–Kier alpha value is -1.54. The van der Waals surface area contributed by atoms with Crippen molar-refractivity contribution in [2.24, 2.45) is 16.8 Å². The normalized spacial score (nSPS) is 13.6. The highest BCUT2D eigenvalue weighted by Crippen LogP contribution is 2.16. The minimum atomic E-state index is 0. The van der Waals surface area contributed by atoms with Crippen molar-refractivity contribution in [2.75, 3.05) is 19.7 Å². The van der Waals surface area contributed by atoms with Crippen molar-refractivity contribution in [3.63, 3.8) is 0 Å². The standard InChI is InChI=1S/C23H35N3O2.HI/c1-18(2)16-20(12-14-27)17-25-23(24-13-11-22-10-7-15-28-22)26-19(3)21-8-5-4-6-9-21;/h4-10,15,18-20,27H,11-14,16-17H2,1-3H3,(H2,24,25,26);1H. The Bertz CT molecular complexity index is 675. The van der Waals surface area contributed by atoms with Gasteiger partial charge in [-0.15, -0.1) is 24.0 Å². The van der Waals surface area contributed by atoms with Gasteiger partial charge >= 0.3 is 0 Å². The van der Waals surface area contributed by atoms with E-state index in [-0.39, 0.29) is 36.6 Å². The zero-order valence-corrected chi connectivity index (χ0v) is 20.1. The van der Waals surface area contributed by atoms with Gasteiger partial charge in [-0.1, -0.05) is 44.2 Å². The summed E-state index contributed by atoms with van der Waals surface area (Å²) in [5.74, 6) is 2.74. The van der Waals surface area contributed by atoms with Crippen molar-refractivity contribution >= 4 is 29.9 Å². The Morgan fingerprint density at radius 2 is 1.86 bits per heavy atom. The fourth-order valence-electron chi connectivity index (χ4n) is 3.29. The molecule has 162 valence electrons. The topological polar surface area (TPSA) is 69.8 Å². The maximum atomic E-state index is 9.37. The third-order valence-corrected chi connectivity index (χ3v) is 4.75. The van der Waals surface area contributed by atoms with Crippen LogP contribution in [0, 0.1) is 11.8 Å². The number of aliphatic imine (C=N–C) groups is 1. The van der Waals surface area contributed by atoms with Gasteiger partial charge in [0.2, 0.25) is 0 Å². The van der Waals surface area contributed by atoms with Gasteiger partial charge in [-0.25, -0.2) is 0 Å². The molecule has 0 bridgehead atoms. The lowest BCUT2D eigenvalue weighted by atomic mass is 9.94. The predicted octanol–water partition coefficient (Wildman–Crippen LogP) is 4.78. The number of nitrogens with one attached hydrogen (secondary N) is 2. The van der Waals surface area contributed by atoms with Crippen LogP contribution in [0.1, 0.15) is 51.0 Å². The average Bonchev–Trinajstić information content (AvgIpc) is 3.19. The number of aliphatic hydroxyl groups excluding tert-OH is 1. The zero-order valence-electron chi connectivity index (χ0n) is 17.8. The molecule has 1 heterocycles. The lowest BCUT2D eigenvalue weighted by molar-refractivity contribution is 0.245. The van der Waals surface area contributed by atoms with Crippen molar-refractivity contribution in [1.29, 1.82) is 0 Å². The number of benzene rings is 1. The summed E-state index contributed by atoms with van der Waals surface area (Å²) in [5, 5.41) is 16.3. The average molecular weight is 513 g/mol. The third kappa shape index (κ3) is 10.2. The highest BCUT2D eigenvalue weighted by molar-refractivity contribution is 14.0. The Kier molecular flexibility index (Phi) is 12.7. The van der Waals surface area contributed by atoms with Crippen LogP contribution < -0.4 is 10.6 Å². The van der Waals surface area contributed by atoms with Gasteiger partial charge in [0.05, 0.1) is 12.3 Å². The van der Waals surface area contributed by atoms with Crippen LogP contribution in [0.25, 0.3) is 0 Å². The molecule has 6 heteroatoms. The van der Waals surface area contributed by atoms with Crippen molar-refractivity contribution in [3.8, 4) is 0 Å². The first-order valence-electron chi connectivity index (χ1n) is 10.3. The van der Waals surface area contributed by atoms with Gasteiger partial charge in [0.25, 0.3) is 0 Å². The van der Waals surface area contributed by atoms with E-state index in [1.165, 1.54) is 5.56 Å². The van der Waals surface area contributed by atoms with Crippen LogP contribution in [-0.2, 0) is 6.42 Å². The predicted molar refractivity (Wildman–Crippen MR) is 131 cm³/mol. The molecule has 0 aliphatic rings. The number of hydrogen-bond donors (Lipinski definition) is 3. The molecule has 3 N–H and O–H groups in total. The van der Waals surface area contributed by atoms with E-state index < -0.39 is 0 Å². The molecule has 2 rings (SSSR count). The highest BCUT2D eigenvalue weighted by Gasteiger charge is 2.12. The first kappa shape index (κ1) is 25.5. The van der Waals surface area contributed by atoms with Gasteiger partial charge in [-0.3, -0.25) is 4.99 Å². The molecule has 0 radical (unpaired) electrons. The monoisotopic (exact) mass is 513 g/mol. The van der Waals surface area contributed by atoms with Gasteiger partial charge < -0.3 is 20.2 Å². The Morgan fingerprint density at radius 3 is 2.48 bits per heavy atom. The summed E-state index contributed by atoms with van der Waals surface area (Å²) in [5.41, 5.74) is 1.22. The molecule has 0 aliphatic carbocycles. The van der Waals surface area contributed by atoms with E-state index >= 15 is 0 Å². The number of halogens is 1. The molecular weight excluding hydrogens is 477 g/mol. The molecular formula is C23H36IN3O2. The number of rotatable bonds is 11. The Balaban J connectivity index is 0.00000420. The lowest BCUT2D eigenvalue weighted by Gasteiger charge is -2.21. The first-order valence-corrected chi connectivity index (χ1v) is 10.3. The fraction of sp³-hybridized carbons (Fsp3) is 0.522. The van der Waals surface area contributed by atoms with Crippen LogP contribution in [0.2, 0.25) is 0 Å². The van der Waals surface area contributed by atoms with Crippen LogP contribution in [0.3, 0.4) is 0 Å². The summed E-state index contributed by atoms with van der Waals surface area (Å²) in [6.07, 6.45) is 4.36. The molecule has 0 fully saturated rings. The van der Waals surface area contributed by atoms with Gasteiger partial charge in [0, 0.05) is 26.1 Å². The summed E-state index contributed by atoms with van der Waals surface area (Å²) >= 11 is 0. The van der Waals surface area contributed by atoms with Crippen LogP contribution in [-0.4, -0.2) is 30.8 Å². The largest absolute Gasteiger partial charge is 0.469 e. The SMILES string of the molecule is CC(C)CC(CCO)CN=C(NCCc1ccco1)NC(C)c1ccccc1.I. The van der Waals surface area contributed by atoms with E-state index in [1.54, 1.807) is 6.26 Å². The quantitative estimate of drug-likeness (QED) is 0.230. The second-order valence-electron chi connectivity index (χ2n) is 7.73. The number of aliphatic hydroxyl groups is 1. The van der Waals surface area contributed by atoms with Crippen molar-refractivity contribution in [3.05, 3.63) is 60.1 Å². The fourth-order valence-corrected chi connectivity index (χ4v) is 3.29. The summed E-state index contributed by atoms with van der Waals surface area (Å²) in [4.78, 5) is 4.83. The first-order chi connectivity index (χ1) is 13.6. The minimum Gasteiger partial charge on any atom is -0.469 e. The van der Waals surface area contributed by atoms with Crippen molar-refractivity contribution in [1.82, 2.24) is 10.6 Å². The van der Waals surface area contributed by atoms with Crippen LogP contribution >= 0.6 is 24.0 Å². The molecule has 0 spiro atoms. The minimum absolute atomic E-state index is 0. The molecule has 29 heavy (non-hydrogen) atoms. The van der Waals surface area contributed by atoms with Gasteiger partial charge in [-0.05, 0) is 49.3 Å². The van der Waals surface area contributed by atoms with Crippen LogP contribution in [0.15, 0.2) is 58.1 Å². The van der Waals surface area contributed by atoms with Crippen LogP contribution in [0.5, 0.6) is 0 Å². The molecule has 2 unspecified atom stereocenters. The number of nitrogens with zero attached hydrogens (tertiary/aromatic N) is 1. The number of furan rings is 1. The molecule has 2 aromatic rings. The maximum Gasteiger partial charge on any atom is 0.191 e. The van der Waals surface area contributed by atoms with E-state index in [4.69, 9.17) is 9.41 Å². The summed E-state index contributed by atoms with van der Waals surface area (Å²) < 4.78 is 5.41. The lowest BCUT2D eigenvalue weighted by Crippen LogP contribution is -2.40. The molecule has 1 aromatic carbocycles. The second-order valence-corrected chi connectivity index (χ2v) is 7.73. The third-order valence-electron chi connectivity index (χ3n) is 4.75. The smallest absolute Gasteiger partial charge is 0.191 e. The maximum absolute atomic E-state index is 9.37. The molecule has 1 aromatic heterocycles. The number of hydrogen-bond acceptors (Lipinski definition) is 3. The summed E-state index contributed by atoms with van der Waals surface area (Å²) in [7, 11) is 0. The van der Waals surface area contributed by atoms with E-state index in [1.807, 2.05) is 18.2 Å². The van der Waals surface area contributed by atoms with Gasteiger partial charge in [0.15, 0.2) is 5.96 Å². The van der Waals surface area contributed by atoms with Crippen molar-refractivity contribution in [2.45, 2.75) is 46.1 Å². The van der Waals surface area contributed by atoms with E-state index in [2.05, 4.69) is 55.7 Å². The van der Waals surface area contributed by atoms with Crippen LogP contribution in [0.4, 0.5) is 0 Å². The van der Waals surface area contributed by atoms with E-state index in [0.717, 1.165) is 37.5 Å². The molecule has 0 aliphatic heterocycles. The molecule has 0 saturated carbocycles. The second kappa shape index (κ2) is 14.4. The van der Waals surface area contributed by atoms with E-state index in [9.17, 15) is 5.11 Å². The Morgan fingerprint density at radius 1 is 1.10 bits per heavy atom. The van der Waals surface area contributed by atoms with Gasteiger partial charge in [-0.2, -0.15) is 0 Å². The van der Waals surface area contributed by atoms with E-state index in [0.29, 0.717) is 18.4 Å². The van der Waals surface area contributed by atoms with Crippen molar-refractivity contribution < 1.29 is 9.52 Å². The summed E-state index contributed by atoms with van der Waals surface area (Å²) in [6, 6.07) is 14.4. The molecule has 0 saturated heterocycles. The molecule has 2 atom stereocenters. The Labute approximate surface area is 192 Å². The summed E-state index contributed by atoms with van der Waals surface area (Å²) in [6.45, 7) is 8.23. The highest BCUT2D eigenvalue weighted by atomic mass is 127. The van der Waals surface area contributed by atoms with Gasteiger partial charge in [0.1, 0.15) is 5.76 Å².